The molecule has 1 N–H and O–H groups in total. The number of carbonyl (C=O) groups is 6. The zero-order valence-electron chi connectivity index (χ0n) is 34.3. The highest BCUT2D eigenvalue weighted by Crippen LogP contribution is 2.44. The van der Waals surface area contributed by atoms with Gasteiger partial charge >= 0.3 is 0 Å². The van der Waals surface area contributed by atoms with E-state index in [4.69, 9.17) is 9.47 Å². The fourth-order valence-electron chi connectivity index (χ4n) is 9.47. The molecule has 3 aliphatic carbocycles. The molecule has 0 saturated carbocycles. The Morgan fingerprint density at radius 2 is 1.12 bits per heavy atom. The van der Waals surface area contributed by atoms with E-state index in [1.54, 1.807) is 48.5 Å². The average Bonchev–Trinajstić information content (AvgIpc) is 3.88. The number of hydrogen-bond donors (Lipinski definition) is 1. The molecular weight excluding hydrogens is 835 g/mol. The summed E-state index contributed by atoms with van der Waals surface area (Å²) in [7, 11) is 0. The molecule has 8 aromatic rings. The van der Waals surface area contributed by atoms with Crippen molar-refractivity contribution in [1.82, 2.24) is 9.97 Å². The maximum Gasteiger partial charge on any atom is 0.266 e. The number of nitrogens with zero attached hydrogens (tertiary/aromatic N) is 2. The smallest absolute Gasteiger partial charge is 0.266 e. The molecule has 2 amide bonds. The number of ketones is 4. The van der Waals surface area contributed by atoms with Gasteiger partial charge in [-0.25, -0.2) is 9.88 Å². The van der Waals surface area contributed by atoms with Crippen molar-refractivity contribution < 1.29 is 38.2 Å². The molecule has 66 heavy (non-hydrogen) atoms. The largest absolute Gasteiger partial charge is 0.457 e. The van der Waals surface area contributed by atoms with Crippen LogP contribution in [0.1, 0.15) is 97.0 Å². The van der Waals surface area contributed by atoms with E-state index in [2.05, 4.69) is 9.97 Å². The van der Waals surface area contributed by atoms with Crippen LogP contribution in [0.4, 0.5) is 5.69 Å². The highest BCUT2D eigenvalue weighted by atomic mass is 16.5. The van der Waals surface area contributed by atoms with E-state index in [0.29, 0.717) is 40.7 Å². The van der Waals surface area contributed by atoms with Crippen LogP contribution in [-0.2, 0) is 0 Å². The van der Waals surface area contributed by atoms with Gasteiger partial charge in [0.25, 0.3) is 17.4 Å². The van der Waals surface area contributed by atoms with Crippen molar-refractivity contribution in [3.05, 3.63) is 218 Å². The summed E-state index contributed by atoms with van der Waals surface area (Å²) in [4.78, 5) is 108. The molecule has 1 aliphatic heterocycles. The average molecular weight is 864 g/mol. The van der Waals surface area contributed by atoms with Gasteiger partial charge in [-0.3, -0.25) is 33.6 Å². The molecule has 0 radical (unpaired) electrons. The first-order chi connectivity index (χ1) is 32.1. The highest BCUT2D eigenvalue weighted by molar-refractivity contribution is 6.41. The molecule has 12 heteroatoms. The summed E-state index contributed by atoms with van der Waals surface area (Å²) in [5.74, 6) is -3.47. The Kier molecular flexibility index (Phi) is 8.43. The minimum Gasteiger partial charge on any atom is -0.457 e. The van der Waals surface area contributed by atoms with Crippen molar-refractivity contribution in [3.63, 3.8) is 0 Å². The van der Waals surface area contributed by atoms with E-state index in [9.17, 15) is 33.6 Å². The molecule has 314 valence electrons. The van der Waals surface area contributed by atoms with E-state index >= 15 is 0 Å². The number of nitrogens with one attached hydrogen (secondary N) is 1. The molecule has 12 rings (SSSR count). The standard InChI is InChI=1S/C54H29N3O9/c58-47-32-15-6-7-16-33(32)48(59)44-36(47)20-23-39-46(44)55-51(56-52(39)62)45-49(60)34-18-21-37-43-38(22-19-35(42(34)43)50(45)61)54(64)57(53(37)63)41-24-17-31(26-40(41)27-9-4-5-10-27)66-30-14-8-13-29(25-30)65-28-11-2-1-3-12-28/h1-9,11-26,45H,10H2,(H,55,56,62). The molecule has 0 bridgehead atoms. The Morgan fingerprint density at radius 1 is 0.530 bits per heavy atom. The van der Waals surface area contributed by atoms with Crippen molar-refractivity contribution in [2.75, 3.05) is 4.90 Å². The summed E-state index contributed by atoms with van der Waals surface area (Å²) in [6.07, 6.45) is 6.31. The second-order valence-electron chi connectivity index (χ2n) is 16.2. The van der Waals surface area contributed by atoms with Crippen molar-refractivity contribution in [1.29, 1.82) is 0 Å². The lowest BCUT2D eigenvalue weighted by molar-refractivity contribution is 0.0842. The van der Waals surface area contributed by atoms with Crippen molar-refractivity contribution >= 4 is 67.9 Å². The van der Waals surface area contributed by atoms with Gasteiger partial charge in [-0.05, 0) is 90.9 Å². The number of aromatic amines is 1. The third kappa shape index (κ3) is 5.71. The van der Waals surface area contributed by atoms with Crippen LogP contribution in [0.15, 0.2) is 156 Å². The van der Waals surface area contributed by atoms with E-state index in [-0.39, 0.29) is 72.0 Å². The van der Waals surface area contributed by atoms with Gasteiger partial charge in [-0.15, -0.1) is 0 Å². The van der Waals surface area contributed by atoms with Crippen LogP contribution in [0, 0.1) is 0 Å². The number of aromatic nitrogens is 2. The summed E-state index contributed by atoms with van der Waals surface area (Å²) < 4.78 is 12.3. The number of allylic oxidation sites excluding steroid dienone is 4. The Morgan fingerprint density at radius 3 is 1.80 bits per heavy atom. The van der Waals surface area contributed by atoms with Gasteiger partial charge in [0.15, 0.2) is 23.1 Å². The number of anilines is 1. The Bertz CT molecular complexity index is 3660. The summed E-state index contributed by atoms with van der Waals surface area (Å²) in [5, 5.41) is 0.300. The third-order valence-corrected chi connectivity index (χ3v) is 12.5. The van der Waals surface area contributed by atoms with Gasteiger partial charge in [-0.2, -0.15) is 0 Å². The third-order valence-electron chi connectivity index (χ3n) is 12.5. The second kappa shape index (κ2) is 14.4. The number of imide groups is 1. The monoisotopic (exact) mass is 863 g/mol. The number of hydrogen-bond acceptors (Lipinski definition) is 10. The minimum atomic E-state index is -1.65. The lowest BCUT2D eigenvalue weighted by Gasteiger charge is -2.31. The summed E-state index contributed by atoms with van der Waals surface area (Å²) in [6, 6.07) is 36.6. The van der Waals surface area contributed by atoms with Crippen LogP contribution < -0.4 is 19.9 Å². The molecule has 0 unspecified atom stereocenters. The SMILES string of the molecule is O=C1c2ccccc2C(=O)c2c1ccc1c(=O)[nH]c(C3C(=O)c4ccc5c6c(ccc(c46)C3=O)C(=O)N(c3ccc(Oc4cccc(Oc6ccccc6)c4)cc3C3=CC=CC3)C5=O)nc21. The molecule has 0 atom stereocenters. The van der Waals surface area contributed by atoms with E-state index < -0.39 is 46.4 Å². The lowest BCUT2D eigenvalue weighted by Crippen LogP contribution is -2.41. The zero-order valence-corrected chi connectivity index (χ0v) is 34.3. The van der Waals surface area contributed by atoms with Crippen molar-refractivity contribution in [3.8, 4) is 23.0 Å². The van der Waals surface area contributed by atoms with Gasteiger partial charge in [0, 0.05) is 61.3 Å². The first-order valence-corrected chi connectivity index (χ1v) is 21.0. The molecule has 0 spiro atoms. The molecule has 12 nitrogen and oxygen atoms in total. The van der Waals surface area contributed by atoms with Gasteiger partial charge in [-0.1, -0.05) is 66.8 Å². The topological polar surface area (TPSA) is 170 Å². The van der Waals surface area contributed by atoms with E-state index in [1.807, 2.05) is 60.7 Å². The number of benzene rings is 7. The molecule has 2 heterocycles. The number of rotatable bonds is 7. The Hall–Kier alpha value is -9.16. The summed E-state index contributed by atoms with van der Waals surface area (Å²) >= 11 is 0. The van der Waals surface area contributed by atoms with Crippen LogP contribution in [0.3, 0.4) is 0 Å². The maximum atomic E-state index is 14.7. The number of fused-ring (bicyclic) bond motifs is 4. The number of para-hydroxylation sites is 1. The number of H-pyrrole nitrogens is 1. The van der Waals surface area contributed by atoms with Gasteiger partial charge < -0.3 is 14.5 Å². The number of amides is 2. The molecule has 4 aliphatic rings. The number of Topliss-reactive ketones (excluding diaryl/α,β-unsaturated/α-hetero) is 2. The highest BCUT2D eigenvalue weighted by Gasteiger charge is 2.44. The quantitative estimate of drug-likeness (QED) is 0.120. The fourth-order valence-corrected chi connectivity index (χ4v) is 9.47. The van der Waals surface area contributed by atoms with Crippen LogP contribution in [0.5, 0.6) is 23.0 Å². The number of carbonyl (C=O) groups excluding carboxylic acids is 6. The van der Waals surface area contributed by atoms with Crippen LogP contribution in [-0.4, -0.2) is 44.9 Å². The van der Waals surface area contributed by atoms with E-state index in [0.717, 1.165) is 10.5 Å². The van der Waals surface area contributed by atoms with E-state index in [1.165, 1.54) is 42.5 Å². The Labute approximate surface area is 373 Å². The van der Waals surface area contributed by atoms with Crippen LogP contribution in [0.2, 0.25) is 0 Å². The molecular formula is C54H29N3O9. The second-order valence-corrected chi connectivity index (χ2v) is 16.2. The predicted molar refractivity (Wildman–Crippen MR) is 243 cm³/mol. The van der Waals surface area contributed by atoms with Crippen molar-refractivity contribution in [2.45, 2.75) is 12.3 Å². The van der Waals surface area contributed by atoms with Gasteiger partial charge in [0.05, 0.1) is 22.2 Å². The summed E-state index contributed by atoms with van der Waals surface area (Å²) in [6.45, 7) is 0. The first-order valence-electron chi connectivity index (χ1n) is 21.0. The first kappa shape index (κ1) is 38.5. The molecule has 7 aromatic carbocycles. The van der Waals surface area contributed by atoms with Crippen molar-refractivity contribution in [2.24, 2.45) is 0 Å². The minimum absolute atomic E-state index is 0.000491. The normalized spacial score (nSPS) is 15.1. The van der Waals surface area contributed by atoms with Gasteiger partial charge in [0.2, 0.25) is 0 Å². The zero-order chi connectivity index (χ0) is 45.0. The molecule has 1 aromatic heterocycles. The number of ether oxygens (including phenoxy) is 2. The van der Waals surface area contributed by atoms with Crippen LogP contribution in [0.25, 0.3) is 27.2 Å². The Balaban J connectivity index is 0.905. The van der Waals surface area contributed by atoms with Crippen LogP contribution >= 0.6 is 0 Å². The summed E-state index contributed by atoms with van der Waals surface area (Å²) in [5.41, 5.74) is 1.55. The maximum absolute atomic E-state index is 14.7. The fraction of sp³-hybridized carbons (Fsp3) is 0.0370. The van der Waals surface area contributed by atoms with Gasteiger partial charge in [0.1, 0.15) is 34.7 Å². The lowest BCUT2D eigenvalue weighted by atomic mass is 9.76. The predicted octanol–water partition coefficient (Wildman–Crippen LogP) is 9.74. The molecule has 0 fully saturated rings. The molecule has 0 saturated heterocycles.